The Kier molecular flexibility index (Phi) is 7.96. The number of anilines is 1. The summed E-state index contributed by atoms with van der Waals surface area (Å²) >= 11 is 0. The second-order valence-corrected chi connectivity index (χ2v) is 10.9. The Balaban J connectivity index is 1.67. The van der Waals surface area contributed by atoms with Crippen molar-refractivity contribution in [3.05, 3.63) is 70.5 Å². The van der Waals surface area contributed by atoms with Crippen molar-refractivity contribution in [1.82, 2.24) is 24.8 Å². The molecule has 1 fully saturated rings. The number of hydrogen-bond donors (Lipinski definition) is 1. The summed E-state index contributed by atoms with van der Waals surface area (Å²) in [4.78, 5) is 35.4. The molecular formula is C28H36N6O4. The number of piperazine rings is 1. The Hall–Kier alpha value is -3.60. The van der Waals surface area contributed by atoms with Crippen molar-refractivity contribution in [2.45, 2.75) is 39.7 Å². The molecule has 38 heavy (non-hydrogen) atoms. The van der Waals surface area contributed by atoms with Crippen molar-refractivity contribution >= 4 is 17.6 Å². The van der Waals surface area contributed by atoms with Crippen LogP contribution in [0.3, 0.4) is 0 Å². The molecule has 2 aromatic carbocycles. The van der Waals surface area contributed by atoms with E-state index >= 15 is 0 Å². The first-order valence-corrected chi connectivity index (χ1v) is 12.7. The molecule has 0 unspecified atom stereocenters. The van der Waals surface area contributed by atoms with Crippen LogP contribution >= 0.6 is 0 Å². The minimum absolute atomic E-state index is 0.124. The summed E-state index contributed by atoms with van der Waals surface area (Å²) < 4.78 is 1.36. The molecule has 10 heteroatoms. The molecule has 202 valence electrons. The van der Waals surface area contributed by atoms with Gasteiger partial charge < -0.3 is 10.0 Å². The Morgan fingerprint density at radius 1 is 1.08 bits per heavy atom. The highest BCUT2D eigenvalue weighted by Crippen LogP contribution is 2.30. The molecule has 10 nitrogen and oxygen atoms in total. The minimum Gasteiger partial charge on any atom is -0.476 e. The fourth-order valence-corrected chi connectivity index (χ4v) is 4.47. The van der Waals surface area contributed by atoms with E-state index in [2.05, 4.69) is 54.0 Å². The van der Waals surface area contributed by atoms with Crippen molar-refractivity contribution in [1.29, 1.82) is 0 Å². The summed E-state index contributed by atoms with van der Waals surface area (Å²) in [7, 11) is 3.62. The standard InChI is InChI=1S/C28H36N6O4/c1-19-7-8-21(15-25(19)33-18-24(27(36)37)29-30-33)26(35)34(38-6)23-14-20(13-22(16-23)28(2,3)4)17-32-11-9-31(5)10-12-32/h7-8,13-16,18H,9-12,17H2,1-6H3,(H,36,37). The number of nitrogens with zero attached hydrogens (tertiary/aromatic N) is 6. The van der Waals surface area contributed by atoms with Crippen molar-refractivity contribution in [3.8, 4) is 5.69 Å². The van der Waals surface area contributed by atoms with Gasteiger partial charge in [0.05, 0.1) is 24.7 Å². The Bertz CT molecular complexity index is 1320. The molecule has 2 heterocycles. The number of carboxylic acid groups (broad SMARTS) is 1. The topological polar surface area (TPSA) is 104 Å². The average Bonchev–Trinajstić information content (AvgIpc) is 3.36. The van der Waals surface area contributed by atoms with Crippen LogP contribution in [0.4, 0.5) is 5.69 Å². The van der Waals surface area contributed by atoms with Crippen LogP contribution in [0.25, 0.3) is 5.69 Å². The second kappa shape index (κ2) is 11.0. The largest absolute Gasteiger partial charge is 0.476 e. The number of aromatic carboxylic acids is 1. The van der Waals surface area contributed by atoms with Gasteiger partial charge in [0.2, 0.25) is 0 Å². The zero-order valence-electron chi connectivity index (χ0n) is 22.9. The van der Waals surface area contributed by atoms with Gasteiger partial charge in [-0.25, -0.2) is 9.48 Å². The molecule has 0 spiro atoms. The van der Waals surface area contributed by atoms with E-state index in [1.54, 1.807) is 18.2 Å². The third-order valence-electron chi connectivity index (χ3n) is 6.86. The van der Waals surface area contributed by atoms with Gasteiger partial charge in [0.1, 0.15) is 0 Å². The first-order chi connectivity index (χ1) is 18.0. The third-order valence-corrected chi connectivity index (χ3v) is 6.86. The molecule has 0 radical (unpaired) electrons. The van der Waals surface area contributed by atoms with Crippen LogP contribution in [0.1, 0.15) is 58.3 Å². The molecule has 1 aliphatic heterocycles. The molecule has 0 bridgehead atoms. The van der Waals surface area contributed by atoms with Gasteiger partial charge in [0.25, 0.3) is 5.91 Å². The predicted octanol–water partition coefficient (Wildman–Crippen LogP) is 3.53. The fourth-order valence-electron chi connectivity index (χ4n) is 4.47. The lowest BCUT2D eigenvalue weighted by Crippen LogP contribution is -2.43. The summed E-state index contributed by atoms with van der Waals surface area (Å²) in [6, 6.07) is 11.4. The van der Waals surface area contributed by atoms with Crippen molar-refractivity contribution in [2.75, 3.05) is 45.4 Å². The highest BCUT2D eigenvalue weighted by atomic mass is 16.7. The lowest BCUT2D eigenvalue weighted by Gasteiger charge is -2.33. The summed E-state index contributed by atoms with van der Waals surface area (Å²) in [6.07, 6.45) is 1.32. The zero-order valence-corrected chi connectivity index (χ0v) is 22.9. The van der Waals surface area contributed by atoms with Gasteiger partial charge in [-0.05, 0) is 60.3 Å². The number of carboxylic acids is 1. The first kappa shape index (κ1) is 27.4. The summed E-state index contributed by atoms with van der Waals surface area (Å²) in [5.41, 5.74) is 4.35. The van der Waals surface area contributed by atoms with Gasteiger partial charge in [0.15, 0.2) is 5.69 Å². The molecule has 1 saturated heterocycles. The van der Waals surface area contributed by atoms with Gasteiger partial charge in [0, 0.05) is 38.3 Å². The van der Waals surface area contributed by atoms with Gasteiger partial charge in [-0.15, -0.1) is 5.10 Å². The zero-order chi connectivity index (χ0) is 27.6. The molecule has 4 rings (SSSR count). The van der Waals surface area contributed by atoms with Crippen LogP contribution in [0.15, 0.2) is 42.6 Å². The van der Waals surface area contributed by atoms with E-state index < -0.39 is 5.97 Å². The van der Waals surface area contributed by atoms with Crippen LogP contribution in [-0.2, 0) is 16.8 Å². The summed E-state index contributed by atoms with van der Waals surface area (Å²) in [5, 5.41) is 18.1. The highest BCUT2D eigenvalue weighted by molar-refractivity contribution is 6.05. The Labute approximate surface area is 223 Å². The SMILES string of the molecule is CON(C(=O)c1ccc(C)c(-n2cc(C(=O)O)nn2)c1)c1cc(CN2CCN(C)CC2)cc(C(C)(C)C)c1. The van der Waals surface area contributed by atoms with Crippen LogP contribution < -0.4 is 5.06 Å². The minimum atomic E-state index is -1.17. The van der Waals surface area contributed by atoms with E-state index in [0.29, 0.717) is 16.9 Å². The maximum atomic E-state index is 13.7. The van der Waals surface area contributed by atoms with Gasteiger partial charge in [-0.2, -0.15) is 5.06 Å². The van der Waals surface area contributed by atoms with Crippen LogP contribution in [0.5, 0.6) is 0 Å². The predicted molar refractivity (Wildman–Crippen MR) is 145 cm³/mol. The number of aromatic nitrogens is 3. The van der Waals surface area contributed by atoms with Gasteiger partial charge in [-0.1, -0.05) is 38.1 Å². The van der Waals surface area contributed by atoms with Gasteiger partial charge in [-0.3, -0.25) is 14.5 Å². The number of aryl methyl sites for hydroxylation is 1. The molecule has 0 saturated carbocycles. The lowest BCUT2D eigenvalue weighted by molar-refractivity contribution is 0.0689. The van der Waals surface area contributed by atoms with E-state index in [0.717, 1.165) is 49.4 Å². The van der Waals surface area contributed by atoms with E-state index in [1.165, 1.54) is 23.1 Å². The van der Waals surface area contributed by atoms with E-state index in [4.69, 9.17) is 4.84 Å². The molecule has 1 aromatic heterocycles. The van der Waals surface area contributed by atoms with Crippen molar-refractivity contribution in [3.63, 3.8) is 0 Å². The smallest absolute Gasteiger partial charge is 0.358 e. The van der Waals surface area contributed by atoms with Crippen molar-refractivity contribution < 1.29 is 19.5 Å². The van der Waals surface area contributed by atoms with E-state index in [1.807, 2.05) is 19.1 Å². The molecule has 0 aliphatic carbocycles. The van der Waals surface area contributed by atoms with Crippen molar-refractivity contribution in [2.24, 2.45) is 0 Å². The maximum Gasteiger partial charge on any atom is 0.358 e. The number of amides is 1. The number of hydrogen-bond acceptors (Lipinski definition) is 7. The molecule has 3 aromatic rings. The average molecular weight is 521 g/mol. The van der Waals surface area contributed by atoms with Crippen LogP contribution in [-0.4, -0.2) is 82.1 Å². The number of rotatable bonds is 7. The highest BCUT2D eigenvalue weighted by Gasteiger charge is 2.24. The number of benzene rings is 2. The normalized spacial score (nSPS) is 15.0. The summed E-state index contributed by atoms with van der Waals surface area (Å²) in [5.74, 6) is -1.51. The molecular weight excluding hydrogens is 484 g/mol. The maximum absolute atomic E-state index is 13.7. The lowest BCUT2D eigenvalue weighted by atomic mass is 9.85. The Morgan fingerprint density at radius 3 is 2.39 bits per heavy atom. The fraction of sp³-hybridized carbons (Fsp3) is 0.429. The molecule has 1 aliphatic rings. The molecule has 1 amide bonds. The quantitative estimate of drug-likeness (QED) is 0.472. The van der Waals surface area contributed by atoms with E-state index in [9.17, 15) is 14.7 Å². The van der Waals surface area contributed by atoms with Crippen LogP contribution in [0.2, 0.25) is 0 Å². The van der Waals surface area contributed by atoms with Gasteiger partial charge >= 0.3 is 5.97 Å². The second-order valence-electron chi connectivity index (χ2n) is 10.9. The molecule has 1 N–H and O–H groups in total. The monoisotopic (exact) mass is 520 g/mol. The number of likely N-dealkylation sites (N-methyl/N-ethyl adjacent to an activating group) is 1. The first-order valence-electron chi connectivity index (χ1n) is 12.7. The third kappa shape index (κ3) is 6.09. The summed E-state index contributed by atoms with van der Waals surface area (Å²) in [6.45, 7) is 13.2. The number of hydroxylamine groups is 1. The van der Waals surface area contributed by atoms with Crippen LogP contribution in [0, 0.1) is 6.92 Å². The number of carbonyl (C=O) groups is 2. The molecule has 0 atom stereocenters. The Morgan fingerprint density at radius 2 is 1.79 bits per heavy atom. The van der Waals surface area contributed by atoms with E-state index in [-0.39, 0.29) is 17.0 Å². The number of carbonyl (C=O) groups excluding carboxylic acids is 1.